The summed E-state index contributed by atoms with van der Waals surface area (Å²) < 4.78 is 0. The molecule has 22 heavy (non-hydrogen) atoms. The van der Waals surface area contributed by atoms with Crippen LogP contribution in [-0.4, -0.2) is 52.0 Å². The number of amides is 1. The molecule has 0 saturated carbocycles. The van der Waals surface area contributed by atoms with Gasteiger partial charge in [-0.25, -0.2) is 0 Å². The zero-order valence-electron chi connectivity index (χ0n) is 13.3. The number of fused-ring (bicyclic) bond motifs is 1. The van der Waals surface area contributed by atoms with Gasteiger partial charge in [0.25, 0.3) is 0 Å². The van der Waals surface area contributed by atoms with E-state index in [0.29, 0.717) is 6.54 Å². The molecule has 1 aromatic heterocycles. The molecule has 1 fully saturated rings. The normalized spacial score (nSPS) is 15.5. The highest BCUT2D eigenvalue weighted by molar-refractivity contribution is 5.77. The lowest BCUT2D eigenvalue weighted by Gasteiger charge is -2.14. The molecule has 0 unspecified atom stereocenters. The van der Waals surface area contributed by atoms with Crippen molar-refractivity contribution in [2.45, 2.75) is 33.2 Å². The molecule has 2 aromatic rings. The van der Waals surface area contributed by atoms with Gasteiger partial charge in [-0.15, -0.1) is 0 Å². The highest BCUT2D eigenvalue weighted by atomic mass is 16.2. The largest absolute Gasteiger partial charge is 0.353 e. The molecule has 0 spiro atoms. The highest BCUT2D eigenvalue weighted by Crippen LogP contribution is 2.15. The standard InChI is InChI=1S/C16H23N5O/c1-12-9-14-15(10-13(12)2)19-21(18-14)11-16(22)17-5-8-20-6-3-4-7-20/h9-10H,3-8,11H2,1-2H3,(H,17,22). The van der Waals surface area contributed by atoms with Gasteiger partial charge in [0.05, 0.1) is 0 Å². The second-order valence-electron chi connectivity index (χ2n) is 6.05. The minimum Gasteiger partial charge on any atom is -0.353 e. The fraction of sp³-hybridized carbons (Fsp3) is 0.562. The van der Waals surface area contributed by atoms with Gasteiger partial charge < -0.3 is 10.2 Å². The predicted molar refractivity (Wildman–Crippen MR) is 85.7 cm³/mol. The van der Waals surface area contributed by atoms with Crippen molar-refractivity contribution in [1.29, 1.82) is 0 Å². The number of nitrogens with zero attached hydrogens (tertiary/aromatic N) is 4. The molecule has 2 heterocycles. The average Bonchev–Trinajstić information content (AvgIpc) is 3.09. The minimum atomic E-state index is -0.0343. The fourth-order valence-electron chi connectivity index (χ4n) is 2.83. The van der Waals surface area contributed by atoms with Crippen molar-refractivity contribution in [2.24, 2.45) is 0 Å². The van der Waals surface area contributed by atoms with E-state index in [2.05, 4.69) is 34.3 Å². The summed E-state index contributed by atoms with van der Waals surface area (Å²) in [7, 11) is 0. The predicted octanol–water partition coefficient (Wildman–Crippen LogP) is 1.26. The van der Waals surface area contributed by atoms with Gasteiger partial charge in [0.1, 0.15) is 17.6 Å². The maximum Gasteiger partial charge on any atom is 0.243 e. The molecule has 6 nitrogen and oxygen atoms in total. The maximum absolute atomic E-state index is 12.0. The average molecular weight is 301 g/mol. The third kappa shape index (κ3) is 3.44. The number of aromatic nitrogens is 3. The van der Waals surface area contributed by atoms with Gasteiger partial charge in [-0.1, -0.05) is 0 Å². The summed E-state index contributed by atoms with van der Waals surface area (Å²) in [5.41, 5.74) is 4.06. The van der Waals surface area contributed by atoms with Gasteiger partial charge in [-0.3, -0.25) is 4.79 Å². The zero-order valence-corrected chi connectivity index (χ0v) is 13.3. The number of carbonyl (C=O) groups is 1. The van der Waals surface area contributed by atoms with Gasteiger partial charge in [-0.05, 0) is 63.0 Å². The van der Waals surface area contributed by atoms with E-state index in [4.69, 9.17) is 0 Å². The molecule has 1 aromatic carbocycles. The van der Waals surface area contributed by atoms with Crippen LogP contribution in [0.2, 0.25) is 0 Å². The van der Waals surface area contributed by atoms with Crippen molar-refractivity contribution < 1.29 is 4.79 Å². The van der Waals surface area contributed by atoms with Gasteiger partial charge >= 0.3 is 0 Å². The Morgan fingerprint density at radius 3 is 2.32 bits per heavy atom. The van der Waals surface area contributed by atoms with Crippen LogP contribution in [0.4, 0.5) is 0 Å². The smallest absolute Gasteiger partial charge is 0.243 e. The monoisotopic (exact) mass is 301 g/mol. The summed E-state index contributed by atoms with van der Waals surface area (Å²) in [6.45, 7) is 8.21. The van der Waals surface area contributed by atoms with Gasteiger partial charge in [0, 0.05) is 13.1 Å². The number of carbonyl (C=O) groups excluding carboxylic acids is 1. The molecule has 118 valence electrons. The van der Waals surface area contributed by atoms with E-state index in [1.807, 2.05) is 12.1 Å². The number of benzene rings is 1. The molecule has 1 N–H and O–H groups in total. The van der Waals surface area contributed by atoms with Crippen LogP contribution in [0.5, 0.6) is 0 Å². The first-order valence-corrected chi connectivity index (χ1v) is 7.93. The van der Waals surface area contributed by atoms with Crippen LogP contribution in [0.25, 0.3) is 11.0 Å². The first-order chi connectivity index (χ1) is 10.6. The lowest BCUT2D eigenvalue weighted by molar-refractivity contribution is -0.122. The zero-order chi connectivity index (χ0) is 15.5. The third-order valence-electron chi connectivity index (χ3n) is 4.27. The van der Waals surface area contributed by atoms with Crippen LogP contribution in [0.15, 0.2) is 12.1 Å². The van der Waals surface area contributed by atoms with E-state index in [1.54, 1.807) is 0 Å². The molecule has 1 amide bonds. The lowest BCUT2D eigenvalue weighted by Crippen LogP contribution is -2.35. The Hall–Kier alpha value is -1.95. The SMILES string of the molecule is Cc1cc2nn(CC(=O)NCCN3CCCC3)nc2cc1C. The molecule has 1 aliphatic rings. The van der Waals surface area contributed by atoms with Crippen molar-refractivity contribution >= 4 is 16.9 Å². The fourth-order valence-corrected chi connectivity index (χ4v) is 2.83. The summed E-state index contributed by atoms with van der Waals surface area (Å²) in [6.07, 6.45) is 2.55. The van der Waals surface area contributed by atoms with Crippen LogP contribution in [0.1, 0.15) is 24.0 Å². The van der Waals surface area contributed by atoms with E-state index in [9.17, 15) is 4.79 Å². The Balaban J connectivity index is 1.54. The molecule has 1 saturated heterocycles. The van der Waals surface area contributed by atoms with Crippen molar-refractivity contribution in [2.75, 3.05) is 26.2 Å². The summed E-state index contributed by atoms with van der Waals surface area (Å²) in [4.78, 5) is 15.8. The summed E-state index contributed by atoms with van der Waals surface area (Å²) >= 11 is 0. The molecule has 0 radical (unpaired) electrons. The summed E-state index contributed by atoms with van der Waals surface area (Å²) in [5.74, 6) is -0.0343. The number of hydrogen-bond acceptors (Lipinski definition) is 4. The molecular weight excluding hydrogens is 278 g/mol. The van der Waals surface area contributed by atoms with E-state index >= 15 is 0 Å². The number of hydrogen-bond donors (Lipinski definition) is 1. The third-order valence-corrected chi connectivity index (χ3v) is 4.27. The van der Waals surface area contributed by atoms with Crippen molar-refractivity contribution in [3.63, 3.8) is 0 Å². The van der Waals surface area contributed by atoms with E-state index in [0.717, 1.165) is 30.7 Å². The first-order valence-electron chi connectivity index (χ1n) is 7.93. The highest BCUT2D eigenvalue weighted by Gasteiger charge is 2.12. The van der Waals surface area contributed by atoms with Crippen molar-refractivity contribution in [3.05, 3.63) is 23.3 Å². The van der Waals surface area contributed by atoms with E-state index in [-0.39, 0.29) is 12.5 Å². The van der Waals surface area contributed by atoms with Gasteiger partial charge in [0.15, 0.2) is 0 Å². The topological polar surface area (TPSA) is 63.1 Å². The summed E-state index contributed by atoms with van der Waals surface area (Å²) in [5, 5.41) is 11.7. The number of nitrogens with one attached hydrogen (secondary N) is 1. The van der Waals surface area contributed by atoms with Crippen molar-refractivity contribution in [1.82, 2.24) is 25.2 Å². The molecule has 1 aliphatic heterocycles. The van der Waals surface area contributed by atoms with Crippen LogP contribution < -0.4 is 5.32 Å². The first kappa shape index (κ1) is 15.0. The second-order valence-corrected chi connectivity index (χ2v) is 6.05. The Morgan fingerprint density at radius 1 is 1.14 bits per heavy atom. The van der Waals surface area contributed by atoms with Gasteiger partial charge in [-0.2, -0.15) is 15.0 Å². The maximum atomic E-state index is 12.0. The lowest BCUT2D eigenvalue weighted by atomic mass is 10.1. The molecular formula is C16H23N5O. The van der Waals surface area contributed by atoms with Crippen LogP contribution in [-0.2, 0) is 11.3 Å². The molecule has 0 bridgehead atoms. The molecule has 6 heteroatoms. The molecule has 0 atom stereocenters. The quantitative estimate of drug-likeness (QED) is 0.903. The molecule has 0 aliphatic carbocycles. The Morgan fingerprint density at radius 2 is 1.73 bits per heavy atom. The molecule has 3 rings (SSSR count). The Bertz CT molecular complexity index is 633. The van der Waals surface area contributed by atoms with Crippen LogP contribution in [0, 0.1) is 13.8 Å². The number of likely N-dealkylation sites (tertiary alicyclic amines) is 1. The minimum absolute atomic E-state index is 0.0343. The van der Waals surface area contributed by atoms with Crippen LogP contribution in [0.3, 0.4) is 0 Å². The van der Waals surface area contributed by atoms with Gasteiger partial charge in [0.2, 0.25) is 5.91 Å². The van der Waals surface area contributed by atoms with Crippen LogP contribution >= 0.6 is 0 Å². The van der Waals surface area contributed by atoms with Crippen molar-refractivity contribution in [3.8, 4) is 0 Å². The second kappa shape index (κ2) is 6.44. The number of aryl methyl sites for hydroxylation is 2. The Labute approximate surface area is 130 Å². The van der Waals surface area contributed by atoms with E-state index in [1.165, 1.54) is 28.8 Å². The number of rotatable bonds is 5. The Kier molecular flexibility index (Phi) is 4.38. The van der Waals surface area contributed by atoms with E-state index < -0.39 is 0 Å². The summed E-state index contributed by atoms with van der Waals surface area (Å²) in [6, 6.07) is 4.03.